The van der Waals surface area contributed by atoms with E-state index < -0.39 is 30.0 Å². The minimum atomic E-state index is -0.865. The van der Waals surface area contributed by atoms with Crippen LogP contribution in [0.25, 0.3) is 0 Å². The molecule has 28 heavy (non-hydrogen) atoms. The number of methoxy groups -OCH3 is 1. The first-order chi connectivity index (χ1) is 13.4. The molecule has 1 saturated heterocycles. The van der Waals surface area contributed by atoms with Crippen LogP contribution in [0.5, 0.6) is 0 Å². The van der Waals surface area contributed by atoms with Gasteiger partial charge in [-0.15, -0.1) is 0 Å². The van der Waals surface area contributed by atoms with E-state index in [1.165, 1.54) is 0 Å². The summed E-state index contributed by atoms with van der Waals surface area (Å²) in [6.45, 7) is 3.66. The van der Waals surface area contributed by atoms with E-state index in [9.17, 15) is 9.59 Å². The zero-order valence-corrected chi connectivity index (χ0v) is 16.3. The first-order valence-electron chi connectivity index (χ1n) is 9.25. The van der Waals surface area contributed by atoms with Gasteiger partial charge in [-0.05, 0) is 38.1 Å². The van der Waals surface area contributed by atoms with Crippen molar-refractivity contribution in [2.45, 2.75) is 44.3 Å². The molecule has 6 heteroatoms. The highest BCUT2D eigenvalue weighted by Gasteiger charge is 2.49. The van der Waals surface area contributed by atoms with Gasteiger partial charge in [0, 0.05) is 19.1 Å². The molecule has 1 N–H and O–H groups in total. The number of hydrogen-bond donors (Lipinski definition) is 1. The quantitative estimate of drug-likeness (QED) is 0.803. The van der Waals surface area contributed by atoms with Crippen molar-refractivity contribution >= 4 is 11.9 Å². The summed E-state index contributed by atoms with van der Waals surface area (Å²) in [6.07, 6.45) is -1.31. The highest BCUT2D eigenvalue weighted by atomic mass is 16.7. The minimum absolute atomic E-state index is 0.243. The Balaban J connectivity index is 1.84. The normalized spacial score (nSPS) is 27.0. The van der Waals surface area contributed by atoms with Gasteiger partial charge in [0.05, 0.1) is 17.2 Å². The molecule has 4 atom stereocenters. The number of carbonyl (C=O) groups is 2. The van der Waals surface area contributed by atoms with Crippen molar-refractivity contribution in [2.75, 3.05) is 7.11 Å². The van der Waals surface area contributed by atoms with Gasteiger partial charge in [-0.2, -0.15) is 0 Å². The number of rotatable bonds is 5. The Kier molecular flexibility index (Phi) is 6.11. The lowest BCUT2D eigenvalue weighted by atomic mass is 9.84. The Labute approximate surface area is 164 Å². The van der Waals surface area contributed by atoms with E-state index in [1.54, 1.807) is 62.6 Å². The lowest BCUT2D eigenvalue weighted by Gasteiger charge is -2.46. The molecule has 0 aromatic heterocycles. The maximum Gasteiger partial charge on any atom is 0.338 e. The second-order valence-corrected chi connectivity index (χ2v) is 7.14. The summed E-state index contributed by atoms with van der Waals surface area (Å²) in [5.41, 5.74) is 0.112. The summed E-state index contributed by atoms with van der Waals surface area (Å²) in [4.78, 5) is 25.4. The smallest absolute Gasteiger partial charge is 0.338 e. The molecule has 0 unspecified atom stereocenters. The number of hydrogen-bond acceptors (Lipinski definition) is 5. The van der Waals surface area contributed by atoms with Gasteiger partial charge in [-0.25, -0.2) is 4.79 Å². The third-order valence-electron chi connectivity index (χ3n) is 4.95. The summed E-state index contributed by atoms with van der Waals surface area (Å²) in [5.74, 6) is -0.704. The number of benzene rings is 2. The summed E-state index contributed by atoms with van der Waals surface area (Å²) in [5, 5.41) is 3.04. The number of carbonyl (C=O) groups excluding carboxylic acids is 2. The Morgan fingerprint density at radius 3 is 2.18 bits per heavy atom. The molecule has 1 aliphatic heterocycles. The SMILES string of the molecule is CO[C@H]1C[C@@](C)(NC(=O)c2ccccc2)[C@H](OC(=O)c2ccccc2)[C@H](C)O1. The maximum absolute atomic E-state index is 12.8. The van der Waals surface area contributed by atoms with Gasteiger partial charge in [-0.3, -0.25) is 4.79 Å². The standard InChI is InChI=1S/C22H25NO5/c1-15-19(28-21(25)17-12-8-5-9-13-17)22(2,14-18(26-3)27-15)23-20(24)16-10-6-4-7-11-16/h4-13,15,18-19H,14H2,1-3H3,(H,23,24)/t15-,18+,19+,22+/m0/s1. The Morgan fingerprint density at radius 1 is 1.04 bits per heavy atom. The monoisotopic (exact) mass is 383 g/mol. The van der Waals surface area contributed by atoms with Gasteiger partial charge in [0.25, 0.3) is 5.91 Å². The third kappa shape index (κ3) is 4.40. The van der Waals surface area contributed by atoms with Crippen molar-refractivity contribution in [3.05, 3.63) is 71.8 Å². The van der Waals surface area contributed by atoms with Gasteiger partial charge < -0.3 is 19.5 Å². The molecular formula is C22H25NO5. The number of amides is 1. The zero-order chi connectivity index (χ0) is 20.1. The van der Waals surface area contributed by atoms with Gasteiger partial charge >= 0.3 is 5.97 Å². The van der Waals surface area contributed by atoms with Crippen LogP contribution in [0.3, 0.4) is 0 Å². The second-order valence-electron chi connectivity index (χ2n) is 7.14. The van der Waals surface area contributed by atoms with Crippen LogP contribution in [-0.4, -0.2) is 43.0 Å². The zero-order valence-electron chi connectivity index (χ0n) is 16.3. The molecular weight excluding hydrogens is 358 g/mol. The van der Waals surface area contributed by atoms with Crippen LogP contribution < -0.4 is 5.32 Å². The maximum atomic E-state index is 12.8. The molecule has 0 bridgehead atoms. The average Bonchev–Trinajstić information content (AvgIpc) is 2.71. The fourth-order valence-electron chi connectivity index (χ4n) is 3.50. The van der Waals surface area contributed by atoms with E-state index in [1.807, 2.05) is 19.1 Å². The van der Waals surface area contributed by atoms with Gasteiger partial charge in [0.2, 0.25) is 0 Å². The van der Waals surface area contributed by atoms with Gasteiger partial charge in [0.15, 0.2) is 12.4 Å². The van der Waals surface area contributed by atoms with E-state index in [-0.39, 0.29) is 5.91 Å². The Bertz CT molecular complexity index is 810. The molecule has 0 radical (unpaired) electrons. The molecule has 148 valence electrons. The topological polar surface area (TPSA) is 73.9 Å². The molecule has 3 rings (SSSR count). The van der Waals surface area contributed by atoms with E-state index >= 15 is 0 Å². The fraction of sp³-hybridized carbons (Fsp3) is 0.364. The third-order valence-corrected chi connectivity index (χ3v) is 4.95. The van der Waals surface area contributed by atoms with Crippen LogP contribution in [0, 0.1) is 0 Å². The van der Waals surface area contributed by atoms with E-state index in [0.717, 1.165) is 0 Å². The fourth-order valence-corrected chi connectivity index (χ4v) is 3.50. The highest BCUT2D eigenvalue weighted by Crippen LogP contribution is 2.32. The first kappa shape index (κ1) is 20.0. The molecule has 1 amide bonds. The van der Waals surface area contributed by atoms with Crippen LogP contribution in [-0.2, 0) is 14.2 Å². The van der Waals surface area contributed by atoms with Crippen LogP contribution in [0.15, 0.2) is 60.7 Å². The van der Waals surface area contributed by atoms with Crippen LogP contribution in [0.2, 0.25) is 0 Å². The molecule has 2 aromatic rings. The second kappa shape index (κ2) is 8.54. The van der Waals surface area contributed by atoms with Crippen molar-refractivity contribution in [1.29, 1.82) is 0 Å². The summed E-state index contributed by atoms with van der Waals surface area (Å²) < 4.78 is 17.0. The van der Waals surface area contributed by atoms with E-state index in [0.29, 0.717) is 17.5 Å². The Hall–Kier alpha value is -2.70. The lowest BCUT2D eigenvalue weighted by molar-refractivity contribution is -0.230. The molecule has 1 fully saturated rings. The van der Waals surface area contributed by atoms with Gasteiger partial charge in [0.1, 0.15) is 0 Å². The first-order valence-corrected chi connectivity index (χ1v) is 9.25. The number of esters is 1. The molecule has 6 nitrogen and oxygen atoms in total. The number of ether oxygens (including phenoxy) is 3. The molecule has 0 saturated carbocycles. The molecule has 1 heterocycles. The highest BCUT2D eigenvalue weighted by molar-refractivity contribution is 5.94. The van der Waals surface area contributed by atoms with E-state index in [4.69, 9.17) is 14.2 Å². The van der Waals surface area contributed by atoms with Crippen molar-refractivity contribution < 1.29 is 23.8 Å². The minimum Gasteiger partial charge on any atom is -0.454 e. The van der Waals surface area contributed by atoms with Gasteiger partial charge in [-0.1, -0.05) is 36.4 Å². The molecule has 0 spiro atoms. The lowest BCUT2D eigenvalue weighted by Crippen LogP contribution is -2.64. The summed E-state index contributed by atoms with van der Waals surface area (Å²) >= 11 is 0. The predicted molar refractivity (Wildman–Crippen MR) is 104 cm³/mol. The number of nitrogens with one attached hydrogen (secondary N) is 1. The van der Waals surface area contributed by atoms with Crippen molar-refractivity contribution in [3.63, 3.8) is 0 Å². The van der Waals surface area contributed by atoms with Crippen molar-refractivity contribution in [1.82, 2.24) is 5.32 Å². The van der Waals surface area contributed by atoms with Crippen molar-refractivity contribution in [2.24, 2.45) is 0 Å². The van der Waals surface area contributed by atoms with Crippen LogP contribution in [0.4, 0.5) is 0 Å². The summed E-state index contributed by atoms with van der Waals surface area (Å²) in [6, 6.07) is 17.7. The molecule has 2 aromatic carbocycles. The van der Waals surface area contributed by atoms with Crippen LogP contribution in [0.1, 0.15) is 41.0 Å². The largest absolute Gasteiger partial charge is 0.454 e. The average molecular weight is 383 g/mol. The molecule has 0 aliphatic carbocycles. The summed E-state index contributed by atoms with van der Waals surface area (Å²) in [7, 11) is 1.55. The molecule has 1 aliphatic rings. The Morgan fingerprint density at radius 2 is 1.61 bits per heavy atom. The van der Waals surface area contributed by atoms with Crippen LogP contribution >= 0.6 is 0 Å². The predicted octanol–water partition coefficient (Wildman–Crippen LogP) is 3.18. The van der Waals surface area contributed by atoms with E-state index in [2.05, 4.69) is 5.32 Å². The van der Waals surface area contributed by atoms with Crippen molar-refractivity contribution in [3.8, 4) is 0 Å².